The highest BCUT2D eigenvalue weighted by Crippen LogP contribution is 2.25. The van der Waals surface area contributed by atoms with Crippen molar-refractivity contribution in [3.05, 3.63) is 59.7 Å². The van der Waals surface area contributed by atoms with Gasteiger partial charge in [-0.3, -0.25) is 4.90 Å². The Hall–Kier alpha value is -1.89. The predicted octanol–water partition coefficient (Wildman–Crippen LogP) is 4.31. The fraction of sp³-hybridized carbons (Fsp3) is 0.478. The number of para-hydroxylation sites is 1. The minimum atomic E-state index is -3.42. The van der Waals surface area contributed by atoms with Crippen LogP contribution in [0.2, 0.25) is 0 Å². The van der Waals surface area contributed by atoms with Gasteiger partial charge in [0, 0.05) is 38.9 Å². The van der Waals surface area contributed by atoms with Crippen molar-refractivity contribution in [2.24, 2.45) is 0 Å². The Labute approximate surface area is 175 Å². The second-order valence-corrected chi connectivity index (χ2v) is 10.3. The van der Waals surface area contributed by atoms with Crippen LogP contribution in [0.1, 0.15) is 43.2 Å². The molecule has 158 valence electrons. The Kier molecular flexibility index (Phi) is 7.33. The molecule has 29 heavy (non-hydrogen) atoms. The zero-order valence-electron chi connectivity index (χ0n) is 17.8. The molecule has 0 spiro atoms. The number of sulfonamides is 1. The van der Waals surface area contributed by atoms with Gasteiger partial charge in [0.2, 0.25) is 10.0 Å². The van der Waals surface area contributed by atoms with Crippen molar-refractivity contribution in [1.82, 2.24) is 9.21 Å². The molecule has 5 nitrogen and oxygen atoms in total. The maximum absolute atomic E-state index is 12.4. The summed E-state index contributed by atoms with van der Waals surface area (Å²) in [6.07, 6.45) is 6.62. The van der Waals surface area contributed by atoms with Gasteiger partial charge in [-0.1, -0.05) is 49.6 Å². The molecule has 0 aromatic heterocycles. The van der Waals surface area contributed by atoms with Crippen LogP contribution in [-0.4, -0.2) is 44.8 Å². The van der Waals surface area contributed by atoms with Crippen LogP contribution in [0.4, 0.5) is 5.69 Å². The van der Waals surface area contributed by atoms with Crippen LogP contribution >= 0.6 is 0 Å². The highest BCUT2D eigenvalue weighted by Gasteiger charge is 2.19. The molecule has 1 saturated carbocycles. The molecule has 0 amide bonds. The molecular formula is C23H33N3O2S. The van der Waals surface area contributed by atoms with Gasteiger partial charge < -0.3 is 5.32 Å². The molecule has 1 aliphatic rings. The SMILES string of the molecule is CN(Cc1ccccc1NCc1cccc(S(=O)(=O)N(C)C)c1)C1CCCCC1. The number of hydrogen-bond acceptors (Lipinski definition) is 4. The first-order valence-electron chi connectivity index (χ1n) is 10.4. The first-order chi connectivity index (χ1) is 13.9. The highest BCUT2D eigenvalue weighted by atomic mass is 32.2. The summed E-state index contributed by atoms with van der Waals surface area (Å²) < 4.78 is 26.0. The molecule has 0 atom stereocenters. The van der Waals surface area contributed by atoms with E-state index in [0.717, 1.165) is 17.8 Å². The predicted molar refractivity (Wildman–Crippen MR) is 119 cm³/mol. The molecule has 3 rings (SSSR count). The van der Waals surface area contributed by atoms with Crippen LogP contribution in [0, 0.1) is 0 Å². The normalized spacial score (nSPS) is 15.8. The lowest BCUT2D eigenvalue weighted by Gasteiger charge is -2.31. The van der Waals surface area contributed by atoms with Gasteiger partial charge in [-0.2, -0.15) is 0 Å². The summed E-state index contributed by atoms with van der Waals surface area (Å²) in [5.41, 5.74) is 3.33. The van der Waals surface area contributed by atoms with Gasteiger partial charge in [0.15, 0.2) is 0 Å². The summed E-state index contributed by atoms with van der Waals surface area (Å²) in [6, 6.07) is 16.2. The van der Waals surface area contributed by atoms with E-state index in [1.165, 1.54) is 42.0 Å². The third kappa shape index (κ3) is 5.59. The van der Waals surface area contributed by atoms with Crippen molar-refractivity contribution in [3.63, 3.8) is 0 Å². The number of nitrogens with zero attached hydrogens (tertiary/aromatic N) is 2. The lowest BCUT2D eigenvalue weighted by atomic mass is 9.94. The van der Waals surface area contributed by atoms with Crippen LogP contribution < -0.4 is 5.32 Å². The fourth-order valence-electron chi connectivity index (χ4n) is 3.97. The van der Waals surface area contributed by atoms with Crippen LogP contribution in [0.3, 0.4) is 0 Å². The Bertz CT molecular complexity index is 906. The topological polar surface area (TPSA) is 52.7 Å². The average Bonchev–Trinajstić information content (AvgIpc) is 2.74. The molecule has 2 aromatic carbocycles. The van der Waals surface area contributed by atoms with Gasteiger partial charge in [-0.25, -0.2) is 12.7 Å². The molecule has 2 aromatic rings. The zero-order valence-corrected chi connectivity index (χ0v) is 18.6. The molecule has 1 aliphatic carbocycles. The number of rotatable bonds is 8. The molecule has 1 fully saturated rings. The third-order valence-electron chi connectivity index (χ3n) is 5.80. The minimum absolute atomic E-state index is 0.326. The quantitative estimate of drug-likeness (QED) is 0.698. The van der Waals surface area contributed by atoms with Gasteiger partial charge in [0.05, 0.1) is 4.90 Å². The summed E-state index contributed by atoms with van der Waals surface area (Å²) in [5.74, 6) is 0. The van der Waals surface area contributed by atoms with Crippen LogP contribution in [0.5, 0.6) is 0 Å². The Morgan fingerprint density at radius 1 is 0.966 bits per heavy atom. The standard InChI is InChI=1S/C23H33N3O2S/c1-25(2)29(27,28)22-14-9-10-19(16-22)17-24-23-15-8-7-11-20(23)18-26(3)21-12-5-4-6-13-21/h7-11,14-16,21,24H,4-6,12-13,17-18H2,1-3H3. The van der Waals surface area contributed by atoms with Crippen molar-refractivity contribution in [2.75, 3.05) is 26.5 Å². The van der Waals surface area contributed by atoms with Crippen molar-refractivity contribution in [1.29, 1.82) is 0 Å². The van der Waals surface area contributed by atoms with Crippen molar-refractivity contribution in [2.45, 2.75) is 56.1 Å². The van der Waals surface area contributed by atoms with Crippen molar-refractivity contribution < 1.29 is 8.42 Å². The largest absolute Gasteiger partial charge is 0.381 e. The Morgan fingerprint density at radius 3 is 2.41 bits per heavy atom. The summed E-state index contributed by atoms with van der Waals surface area (Å²) in [4.78, 5) is 2.80. The van der Waals surface area contributed by atoms with Gasteiger partial charge in [0.1, 0.15) is 0 Å². The molecule has 0 heterocycles. The number of hydrogen-bond donors (Lipinski definition) is 1. The van der Waals surface area contributed by atoms with Gasteiger partial charge in [-0.05, 0) is 49.2 Å². The van der Waals surface area contributed by atoms with E-state index in [4.69, 9.17) is 0 Å². The van der Waals surface area contributed by atoms with Gasteiger partial charge in [0.25, 0.3) is 0 Å². The molecule has 0 unspecified atom stereocenters. The molecule has 0 saturated heterocycles. The van der Waals surface area contributed by atoms with E-state index in [2.05, 4.69) is 35.5 Å². The van der Waals surface area contributed by atoms with E-state index in [9.17, 15) is 8.42 Å². The highest BCUT2D eigenvalue weighted by molar-refractivity contribution is 7.89. The summed E-state index contributed by atoms with van der Waals surface area (Å²) in [5, 5.41) is 3.51. The Morgan fingerprint density at radius 2 is 1.69 bits per heavy atom. The second kappa shape index (κ2) is 9.74. The number of anilines is 1. The van der Waals surface area contributed by atoms with E-state index in [0.29, 0.717) is 17.5 Å². The van der Waals surface area contributed by atoms with Crippen molar-refractivity contribution >= 4 is 15.7 Å². The second-order valence-electron chi connectivity index (χ2n) is 8.15. The summed E-state index contributed by atoms with van der Waals surface area (Å²) in [6.45, 7) is 1.50. The van der Waals surface area contributed by atoms with Gasteiger partial charge >= 0.3 is 0 Å². The Balaban J connectivity index is 1.69. The summed E-state index contributed by atoms with van der Waals surface area (Å²) >= 11 is 0. The van der Waals surface area contributed by atoms with Crippen molar-refractivity contribution in [3.8, 4) is 0 Å². The number of nitrogens with one attached hydrogen (secondary N) is 1. The molecule has 0 bridgehead atoms. The first-order valence-corrected chi connectivity index (χ1v) is 11.9. The first kappa shape index (κ1) is 21.8. The smallest absolute Gasteiger partial charge is 0.242 e. The maximum atomic E-state index is 12.4. The summed E-state index contributed by atoms with van der Waals surface area (Å²) in [7, 11) is 1.91. The van der Waals surface area contributed by atoms with Crippen LogP contribution in [0.25, 0.3) is 0 Å². The average molecular weight is 416 g/mol. The zero-order chi connectivity index (χ0) is 20.9. The molecular weight excluding hydrogens is 382 g/mol. The van der Waals surface area contributed by atoms with Gasteiger partial charge in [-0.15, -0.1) is 0 Å². The van der Waals surface area contributed by atoms with E-state index in [-0.39, 0.29) is 0 Å². The minimum Gasteiger partial charge on any atom is -0.381 e. The number of benzene rings is 2. The molecule has 0 aliphatic heterocycles. The third-order valence-corrected chi connectivity index (χ3v) is 7.61. The molecule has 1 N–H and O–H groups in total. The van der Waals surface area contributed by atoms with E-state index in [1.54, 1.807) is 32.3 Å². The monoisotopic (exact) mass is 415 g/mol. The van der Waals surface area contributed by atoms with E-state index < -0.39 is 10.0 Å². The lowest BCUT2D eigenvalue weighted by molar-refractivity contribution is 0.185. The van der Waals surface area contributed by atoms with E-state index in [1.807, 2.05) is 12.1 Å². The molecule has 0 radical (unpaired) electrons. The fourth-order valence-corrected chi connectivity index (χ4v) is 4.95. The molecule has 6 heteroatoms. The van der Waals surface area contributed by atoms with Crippen LogP contribution in [0.15, 0.2) is 53.4 Å². The lowest BCUT2D eigenvalue weighted by Crippen LogP contribution is -2.33. The van der Waals surface area contributed by atoms with Crippen LogP contribution in [-0.2, 0) is 23.1 Å². The maximum Gasteiger partial charge on any atom is 0.242 e. The van der Waals surface area contributed by atoms with E-state index >= 15 is 0 Å².